The maximum absolute atomic E-state index is 12.8. The fourth-order valence-corrected chi connectivity index (χ4v) is 4.84. The van der Waals surface area contributed by atoms with Gasteiger partial charge in [0.1, 0.15) is 0 Å². The molecule has 166 valence electrons. The van der Waals surface area contributed by atoms with Crippen LogP contribution in [0.3, 0.4) is 0 Å². The molecule has 33 heavy (non-hydrogen) atoms. The van der Waals surface area contributed by atoms with Gasteiger partial charge in [0.05, 0.1) is 29.4 Å². The van der Waals surface area contributed by atoms with Crippen LogP contribution in [-0.2, 0) is 10.0 Å². The first-order chi connectivity index (χ1) is 15.9. The van der Waals surface area contributed by atoms with E-state index < -0.39 is 16.1 Å². The molecule has 1 aromatic heterocycles. The first kappa shape index (κ1) is 21.2. The molecule has 1 aliphatic heterocycles. The molecule has 7 heteroatoms. The predicted molar refractivity (Wildman–Crippen MR) is 131 cm³/mol. The summed E-state index contributed by atoms with van der Waals surface area (Å²) in [6, 6.07) is 27.1. The normalized spacial score (nSPS) is 16.4. The summed E-state index contributed by atoms with van der Waals surface area (Å²) in [5.41, 5.74) is 9.28. The van der Waals surface area contributed by atoms with Crippen molar-refractivity contribution in [2.24, 2.45) is 0 Å². The van der Waals surface area contributed by atoms with Crippen molar-refractivity contribution in [1.29, 1.82) is 0 Å². The van der Waals surface area contributed by atoms with E-state index in [4.69, 9.17) is 5.10 Å². The van der Waals surface area contributed by atoms with E-state index in [1.165, 1.54) is 10.7 Å². The van der Waals surface area contributed by atoms with Gasteiger partial charge in [-0.15, -0.1) is 4.41 Å². The van der Waals surface area contributed by atoms with Crippen LogP contribution >= 0.6 is 0 Å². The highest BCUT2D eigenvalue weighted by Crippen LogP contribution is 2.38. The summed E-state index contributed by atoms with van der Waals surface area (Å²) >= 11 is 0. The van der Waals surface area contributed by atoms with Gasteiger partial charge >= 0.3 is 0 Å². The minimum atomic E-state index is -3.57. The summed E-state index contributed by atoms with van der Waals surface area (Å²) in [6.45, 7) is 2.04. The Morgan fingerprint density at radius 2 is 1.48 bits per heavy atom. The largest absolute Gasteiger partial charge is 0.304 e. The fraction of sp³-hybridized carbons (Fsp3) is 0.115. The number of para-hydroxylation sites is 1. The van der Waals surface area contributed by atoms with Gasteiger partial charge in [-0.3, -0.25) is 0 Å². The summed E-state index contributed by atoms with van der Waals surface area (Å²) < 4.78 is 28.6. The Kier molecular flexibility index (Phi) is 5.36. The Balaban J connectivity index is 1.69. The van der Waals surface area contributed by atoms with E-state index in [0.717, 1.165) is 39.3 Å². The maximum Gasteiger partial charge on any atom is 0.228 e. The molecular weight excluding hydrogens is 432 g/mol. The van der Waals surface area contributed by atoms with Crippen molar-refractivity contribution in [2.45, 2.75) is 13.0 Å². The number of benzene rings is 3. The maximum atomic E-state index is 12.8. The smallest absolute Gasteiger partial charge is 0.228 e. The monoisotopic (exact) mass is 456 g/mol. The van der Waals surface area contributed by atoms with Crippen LogP contribution in [0.25, 0.3) is 22.6 Å². The van der Waals surface area contributed by atoms with Crippen LogP contribution < -0.4 is 5.43 Å². The van der Waals surface area contributed by atoms with Crippen LogP contribution in [-0.4, -0.2) is 28.9 Å². The van der Waals surface area contributed by atoms with Gasteiger partial charge in [0.25, 0.3) is 0 Å². The van der Waals surface area contributed by atoms with Crippen LogP contribution in [0.15, 0.2) is 97.2 Å². The second kappa shape index (κ2) is 8.35. The summed E-state index contributed by atoms with van der Waals surface area (Å²) in [5, 5.41) is 4.88. The summed E-state index contributed by atoms with van der Waals surface area (Å²) in [4.78, 5) is 0. The van der Waals surface area contributed by atoms with Crippen LogP contribution in [0.2, 0.25) is 0 Å². The number of hydrogen-bond donors (Lipinski definition) is 1. The number of aromatic nitrogens is 2. The van der Waals surface area contributed by atoms with E-state index in [-0.39, 0.29) is 0 Å². The molecule has 0 aliphatic carbocycles. The molecule has 1 aliphatic rings. The molecular formula is C26H24N4O2S. The summed E-state index contributed by atoms with van der Waals surface area (Å²) in [6.07, 6.45) is 5.07. The summed E-state index contributed by atoms with van der Waals surface area (Å²) in [7, 11) is -3.57. The second-order valence-corrected chi connectivity index (χ2v) is 10.0. The number of sulfonamides is 1. The molecule has 0 amide bonds. The molecule has 2 heterocycles. The molecule has 0 fully saturated rings. The molecule has 1 atom stereocenters. The number of rotatable bonds is 5. The van der Waals surface area contributed by atoms with Gasteiger partial charge < -0.3 is 5.43 Å². The number of nitrogens with one attached hydrogen (secondary N) is 1. The van der Waals surface area contributed by atoms with Gasteiger partial charge in [-0.1, -0.05) is 78.4 Å². The summed E-state index contributed by atoms with van der Waals surface area (Å²) in [5.74, 6) is 0. The number of hydrogen-bond acceptors (Lipinski definition) is 4. The molecule has 0 saturated heterocycles. The average molecular weight is 457 g/mol. The van der Waals surface area contributed by atoms with E-state index in [9.17, 15) is 8.42 Å². The highest BCUT2D eigenvalue weighted by atomic mass is 32.2. The number of hydrazine groups is 1. The van der Waals surface area contributed by atoms with E-state index in [1.54, 1.807) is 4.68 Å². The lowest BCUT2D eigenvalue weighted by Crippen LogP contribution is -2.38. The fourth-order valence-electron chi connectivity index (χ4n) is 3.99. The zero-order valence-corrected chi connectivity index (χ0v) is 19.2. The number of nitrogens with zero attached hydrogens (tertiary/aromatic N) is 3. The van der Waals surface area contributed by atoms with E-state index in [0.29, 0.717) is 0 Å². The van der Waals surface area contributed by atoms with Crippen molar-refractivity contribution in [1.82, 2.24) is 19.6 Å². The van der Waals surface area contributed by atoms with Crippen LogP contribution in [0.1, 0.15) is 22.7 Å². The molecule has 6 nitrogen and oxygen atoms in total. The van der Waals surface area contributed by atoms with Crippen LogP contribution in [0.4, 0.5) is 0 Å². The molecule has 1 N–H and O–H groups in total. The zero-order chi connectivity index (χ0) is 23.0. The number of aryl methyl sites for hydroxylation is 1. The van der Waals surface area contributed by atoms with Crippen molar-refractivity contribution < 1.29 is 8.42 Å². The molecule has 5 rings (SSSR count). The minimum absolute atomic E-state index is 0.552. The van der Waals surface area contributed by atoms with E-state index in [2.05, 4.69) is 5.43 Å². The van der Waals surface area contributed by atoms with Crippen molar-refractivity contribution in [3.05, 3.63) is 114 Å². The third-order valence-corrected chi connectivity index (χ3v) is 6.69. The van der Waals surface area contributed by atoms with Gasteiger partial charge in [0.2, 0.25) is 10.0 Å². The van der Waals surface area contributed by atoms with Gasteiger partial charge in [-0.05, 0) is 30.7 Å². The third-order valence-electron chi connectivity index (χ3n) is 5.66. The van der Waals surface area contributed by atoms with Crippen LogP contribution in [0, 0.1) is 6.92 Å². The topological polar surface area (TPSA) is 67.2 Å². The molecule has 4 aromatic rings. The standard InChI is InChI=1S/C26H24N4O2S/c1-19-13-15-21(16-14-19)26-23(18-29(28-26)22-11-7-4-8-12-22)25-17-24(20-9-5-3-6-10-20)27-30(25)33(2,31)32/h3-18,25,27H,1-2H3/t25-/m0/s1. The lowest BCUT2D eigenvalue weighted by molar-refractivity contribution is 0.351. The van der Waals surface area contributed by atoms with E-state index >= 15 is 0 Å². The van der Waals surface area contributed by atoms with Crippen molar-refractivity contribution in [3.63, 3.8) is 0 Å². The molecule has 0 bridgehead atoms. The van der Waals surface area contributed by atoms with Crippen molar-refractivity contribution in [2.75, 3.05) is 6.26 Å². The highest BCUT2D eigenvalue weighted by Gasteiger charge is 2.36. The van der Waals surface area contributed by atoms with E-state index in [1.807, 2.05) is 104 Å². The minimum Gasteiger partial charge on any atom is -0.304 e. The Morgan fingerprint density at radius 3 is 2.12 bits per heavy atom. The Hall–Kier alpha value is -3.68. The van der Waals surface area contributed by atoms with Gasteiger partial charge in [0.15, 0.2) is 0 Å². The Bertz CT molecular complexity index is 1410. The molecule has 0 unspecified atom stereocenters. The average Bonchev–Trinajstić information content (AvgIpc) is 3.46. The van der Waals surface area contributed by atoms with Gasteiger partial charge in [0, 0.05) is 17.3 Å². The van der Waals surface area contributed by atoms with Gasteiger partial charge in [-0.25, -0.2) is 13.1 Å². The molecule has 0 radical (unpaired) electrons. The highest BCUT2D eigenvalue weighted by molar-refractivity contribution is 7.88. The lowest BCUT2D eigenvalue weighted by atomic mass is 10.0. The zero-order valence-electron chi connectivity index (χ0n) is 18.4. The first-order valence-electron chi connectivity index (χ1n) is 10.7. The van der Waals surface area contributed by atoms with Crippen LogP contribution in [0.5, 0.6) is 0 Å². The third kappa shape index (κ3) is 4.20. The molecule has 0 spiro atoms. The lowest BCUT2D eigenvalue weighted by Gasteiger charge is -2.22. The molecule has 0 saturated carbocycles. The van der Waals surface area contributed by atoms with Crippen molar-refractivity contribution >= 4 is 15.7 Å². The SMILES string of the molecule is Cc1ccc(-c2nn(-c3ccccc3)cc2[C@@H]2C=C(c3ccccc3)NN2S(C)(=O)=O)cc1. The Labute approximate surface area is 193 Å². The molecule has 3 aromatic carbocycles. The second-order valence-electron chi connectivity index (χ2n) is 8.14. The van der Waals surface area contributed by atoms with Crippen molar-refractivity contribution in [3.8, 4) is 16.9 Å². The Morgan fingerprint density at radius 1 is 0.848 bits per heavy atom. The van der Waals surface area contributed by atoms with Gasteiger partial charge in [-0.2, -0.15) is 5.10 Å². The first-order valence-corrected chi connectivity index (χ1v) is 12.5. The quantitative estimate of drug-likeness (QED) is 0.472. The predicted octanol–water partition coefficient (Wildman–Crippen LogP) is 4.71.